The second kappa shape index (κ2) is 8.37. The fourth-order valence-corrected chi connectivity index (χ4v) is 2.36. The highest BCUT2D eigenvalue weighted by Crippen LogP contribution is 2.18. The van der Waals surface area contributed by atoms with Crippen LogP contribution in [0.5, 0.6) is 0 Å². The number of hydrogen-bond donors (Lipinski definition) is 2. The Labute approximate surface area is 156 Å². The molecular formula is C18H20N6O3. The Morgan fingerprint density at radius 3 is 2.70 bits per heavy atom. The third kappa shape index (κ3) is 4.64. The van der Waals surface area contributed by atoms with Crippen molar-refractivity contribution in [3.05, 3.63) is 53.9 Å². The summed E-state index contributed by atoms with van der Waals surface area (Å²) in [5, 5.41) is 6.70. The first kappa shape index (κ1) is 18.5. The van der Waals surface area contributed by atoms with Gasteiger partial charge in [-0.25, -0.2) is 4.98 Å². The molecule has 2 heterocycles. The first-order chi connectivity index (χ1) is 13.1. The van der Waals surface area contributed by atoms with E-state index in [1.807, 2.05) is 0 Å². The molecule has 2 aromatic heterocycles. The van der Waals surface area contributed by atoms with Crippen molar-refractivity contribution in [3.63, 3.8) is 0 Å². The summed E-state index contributed by atoms with van der Waals surface area (Å²) >= 11 is 0. The number of nitrogens with two attached hydrogens (primary N) is 1. The summed E-state index contributed by atoms with van der Waals surface area (Å²) in [4.78, 5) is 24.9. The Balaban J connectivity index is 1.63. The summed E-state index contributed by atoms with van der Waals surface area (Å²) in [6.07, 6.45) is 3.63. The molecule has 0 radical (unpaired) electrons. The Bertz CT molecular complexity index is 892. The van der Waals surface area contributed by atoms with E-state index < -0.39 is 6.04 Å². The van der Waals surface area contributed by atoms with E-state index >= 15 is 0 Å². The van der Waals surface area contributed by atoms with Gasteiger partial charge in [-0.05, 0) is 19.1 Å². The number of rotatable bonds is 7. The maximum Gasteiger partial charge on any atom is 0.251 e. The number of methoxy groups -OCH3 is 1. The van der Waals surface area contributed by atoms with Gasteiger partial charge in [0.1, 0.15) is 11.9 Å². The van der Waals surface area contributed by atoms with Gasteiger partial charge < -0.3 is 20.3 Å². The predicted octanol–water partition coefficient (Wildman–Crippen LogP) is 1.79. The fourth-order valence-electron chi connectivity index (χ4n) is 2.36. The predicted molar refractivity (Wildman–Crippen MR) is 97.6 cm³/mol. The van der Waals surface area contributed by atoms with Crippen LogP contribution >= 0.6 is 0 Å². The van der Waals surface area contributed by atoms with E-state index in [0.29, 0.717) is 41.8 Å². The zero-order valence-electron chi connectivity index (χ0n) is 15.0. The second-order valence-corrected chi connectivity index (χ2v) is 5.89. The maximum atomic E-state index is 12.4. The smallest absolute Gasteiger partial charge is 0.251 e. The molecular weight excluding hydrogens is 348 g/mol. The topological polar surface area (TPSA) is 129 Å². The lowest BCUT2D eigenvalue weighted by molar-refractivity contribution is 0.0932. The van der Waals surface area contributed by atoms with Crippen LogP contribution in [0.1, 0.15) is 35.0 Å². The van der Waals surface area contributed by atoms with E-state index in [4.69, 9.17) is 15.0 Å². The molecule has 9 nitrogen and oxygen atoms in total. The van der Waals surface area contributed by atoms with Gasteiger partial charge in [0.15, 0.2) is 5.82 Å². The lowest BCUT2D eigenvalue weighted by Crippen LogP contribution is -2.26. The van der Waals surface area contributed by atoms with E-state index in [0.717, 1.165) is 5.56 Å². The zero-order valence-corrected chi connectivity index (χ0v) is 15.0. The van der Waals surface area contributed by atoms with Crippen molar-refractivity contribution in [2.45, 2.75) is 19.4 Å². The highest BCUT2D eigenvalue weighted by molar-refractivity contribution is 5.94. The molecule has 27 heavy (non-hydrogen) atoms. The van der Waals surface area contributed by atoms with Crippen LogP contribution in [-0.4, -0.2) is 39.7 Å². The number of benzene rings is 1. The molecule has 0 aliphatic carbocycles. The molecule has 0 saturated carbocycles. The third-order valence-corrected chi connectivity index (χ3v) is 3.85. The summed E-state index contributed by atoms with van der Waals surface area (Å²) in [7, 11) is 1.61. The summed E-state index contributed by atoms with van der Waals surface area (Å²) < 4.78 is 10.2. The summed E-state index contributed by atoms with van der Waals surface area (Å²) in [5.74, 6) is 1.01. The Hall–Kier alpha value is -3.33. The van der Waals surface area contributed by atoms with E-state index in [9.17, 15) is 4.79 Å². The van der Waals surface area contributed by atoms with Gasteiger partial charge in [0, 0.05) is 24.7 Å². The van der Waals surface area contributed by atoms with Crippen LogP contribution in [0, 0.1) is 0 Å². The fraction of sp³-hybridized carbons (Fsp3) is 0.278. The Kier molecular flexibility index (Phi) is 5.72. The van der Waals surface area contributed by atoms with Crippen molar-refractivity contribution >= 4 is 11.7 Å². The molecule has 140 valence electrons. The highest BCUT2D eigenvalue weighted by atomic mass is 16.5. The van der Waals surface area contributed by atoms with E-state index in [1.54, 1.807) is 44.5 Å². The molecule has 0 fully saturated rings. The van der Waals surface area contributed by atoms with Crippen molar-refractivity contribution in [2.75, 3.05) is 19.5 Å². The maximum absolute atomic E-state index is 12.4. The van der Waals surface area contributed by atoms with Crippen LogP contribution < -0.4 is 11.1 Å². The highest BCUT2D eigenvalue weighted by Gasteiger charge is 2.17. The lowest BCUT2D eigenvalue weighted by atomic mass is 10.1. The molecule has 0 bridgehead atoms. The standard InChI is InChI=1S/C18H20N6O3/c1-11(18-23-16(24-27-18)7-8-26-2)22-17(25)13-5-3-12(4-6-13)14-9-21-15(19)10-20-14/h3-6,9-11H,7-8H2,1-2H3,(H2,19,21)(H,22,25). The normalized spacial score (nSPS) is 11.9. The van der Waals surface area contributed by atoms with Crippen molar-refractivity contribution in [1.29, 1.82) is 0 Å². The minimum atomic E-state index is -0.413. The van der Waals surface area contributed by atoms with Gasteiger partial charge in [-0.2, -0.15) is 4.98 Å². The number of aromatic nitrogens is 4. The molecule has 0 spiro atoms. The van der Waals surface area contributed by atoms with Crippen LogP contribution in [0.25, 0.3) is 11.3 Å². The number of carbonyl (C=O) groups is 1. The number of hydrogen-bond acceptors (Lipinski definition) is 8. The number of nitrogens with zero attached hydrogens (tertiary/aromatic N) is 4. The van der Waals surface area contributed by atoms with Crippen molar-refractivity contribution < 1.29 is 14.1 Å². The van der Waals surface area contributed by atoms with Gasteiger partial charge in [0.25, 0.3) is 5.91 Å². The van der Waals surface area contributed by atoms with E-state index in [2.05, 4.69) is 25.4 Å². The molecule has 3 N–H and O–H groups in total. The second-order valence-electron chi connectivity index (χ2n) is 5.89. The summed E-state index contributed by atoms with van der Waals surface area (Å²) in [6.45, 7) is 2.29. The Morgan fingerprint density at radius 1 is 1.26 bits per heavy atom. The first-order valence-corrected chi connectivity index (χ1v) is 8.37. The molecule has 3 rings (SSSR count). The van der Waals surface area contributed by atoms with Gasteiger partial charge in [-0.15, -0.1) is 0 Å². The SMILES string of the molecule is COCCc1noc(C(C)NC(=O)c2ccc(-c3cnc(N)cn3)cc2)n1. The molecule has 1 amide bonds. The number of nitrogen functional groups attached to an aromatic ring is 1. The van der Waals surface area contributed by atoms with Crippen LogP contribution in [0.4, 0.5) is 5.82 Å². The van der Waals surface area contributed by atoms with Crippen LogP contribution in [0.3, 0.4) is 0 Å². The minimum absolute atomic E-state index is 0.242. The summed E-state index contributed by atoms with van der Waals surface area (Å²) in [5.41, 5.74) is 7.57. The van der Waals surface area contributed by atoms with Crippen molar-refractivity contribution in [3.8, 4) is 11.3 Å². The van der Waals surface area contributed by atoms with Crippen LogP contribution in [0.15, 0.2) is 41.2 Å². The van der Waals surface area contributed by atoms with Gasteiger partial charge >= 0.3 is 0 Å². The molecule has 0 aliphatic rings. The Morgan fingerprint density at radius 2 is 2.04 bits per heavy atom. The lowest BCUT2D eigenvalue weighted by Gasteiger charge is -2.10. The van der Waals surface area contributed by atoms with E-state index in [-0.39, 0.29) is 5.91 Å². The molecule has 3 aromatic rings. The molecule has 0 aliphatic heterocycles. The summed E-state index contributed by atoms with van der Waals surface area (Å²) in [6, 6.07) is 6.62. The largest absolute Gasteiger partial charge is 0.384 e. The molecule has 1 aromatic carbocycles. The number of amides is 1. The first-order valence-electron chi connectivity index (χ1n) is 8.37. The van der Waals surface area contributed by atoms with Crippen LogP contribution in [-0.2, 0) is 11.2 Å². The van der Waals surface area contributed by atoms with Gasteiger partial charge in [-0.1, -0.05) is 17.3 Å². The zero-order chi connectivity index (χ0) is 19.2. The van der Waals surface area contributed by atoms with Gasteiger partial charge in [0.2, 0.25) is 5.89 Å². The van der Waals surface area contributed by atoms with Gasteiger partial charge in [0.05, 0.1) is 24.7 Å². The van der Waals surface area contributed by atoms with Gasteiger partial charge in [-0.3, -0.25) is 9.78 Å². The number of anilines is 1. The number of carbonyl (C=O) groups excluding carboxylic acids is 1. The average Bonchev–Trinajstić information content (AvgIpc) is 3.16. The van der Waals surface area contributed by atoms with Crippen molar-refractivity contribution in [1.82, 2.24) is 25.4 Å². The quantitative estimate of drug-likeness (QED) is 0.646. The minimum Gasteiger partial charge on any atom is -0.384 e. The van der Waals surface area contributed by atoms with E-state index in [1.165, 1.54) is 6.20 Å². The monoisotopic (exact) mass is 368 g/mol. The number of ether oxygens (including phenoxy) is 1. The van der Waals surface area contributed by atoms with Crippen LogP contribution in [0.2, 0.25) is 0 Å². The third-order valence-electron chi connectivity index (χ3n) is 3.85. The molecule has 1 unspecified atom stereocenters. The molecule has 0 saturated heterocycles. The van der Waals surface area contributed by atoms with Crippen molar-refractivity contribution in [2.24, 2.45) is 0 Å². The average molecular weight is 368 g/mol. The molecule has 1 atom stereocenters. The molecule has 9 heteroatoms. The number of nitrogens with one attached hydrogen (secondary N) is 1.